The van der Waals surface area contributed by atoms with Gasteiger partial charge in [-0.3, -0.25) is 4.79 Å². The average molecular weight is 222 g/mol. The van der Waals surface area contributed by atoms with Gasteiger partial charge in [-0.1, -0.05) is 12.8 Å². The number of carbonyl (C=O) groups is 1. The summed E-state index contributed by atoms with van der Waals surface area (Å²) >= 11 is 0. The molecule has 2 aliphatic heterocycles. The normalized spacial score (nSPS) is 38.8. The Morgan fingerprint density at radius 3 is 2.31 bits per heavy atom. The molecule has 3 atom stereocenters. The monoisotopic (exact) mass is 222 g/mol. The van der Waals surface area contributed by atoms with E-state index in [2.05, 4.69) is 10.2 Å². The number of rotatable bonds is 1. The first-order valence-corrected chi connectivity index (χ1v) is 6.84. The average Bonchev–Trinajstić information content (AvgIpc) is 2.97. The van der Waals surface area contributed by atoms with Crippen molar-refractivity contribution in [3.8, 4) is 0 Å². The standard InChI is InChI=1S/C13H22N2O/c16-13(10-5-6-14-7-10)15-8-11-3-1-2-4-12(11)9-15/h10-12,14H,1-9H2. The Bertz CT molecular complexity index is 259. The van der Waals surface area contributed by atoms with Gasteiger partial charge in [0, 0.05) is 19.6 Å². The van der Waals surface area contributed by atoms with E-state index in [1.54, 1.807) is 0 Å². The third-order valence-corrected chi connectivity index (χ3v) is 4.70. The van der Waals surface area contributed by atoms with Crippen molar-refractivity contribution in [1.82, 2.24) is 10.2 Å². The summed E-state index contributed by atoms with van der Waals surface area (Å²) < 4.78 is 0. The Balaban J connectivity index is 1.61. The molecule has 90 valence electrons. The second kappa shape index (κ2) is 4.36. The van der Waals surface area contributed by atoms with Gasteiger partial charge in [0.25, 0.3) is 0 Å². The minimum atomic E-state index is 0.278. The molecule has 3 heteroatoms. The summed E-state index contributed by atoms with van der Waals surface area (Å²) in [4.78, 5) is 14.4. The molecule has 3 aliphatic rings. The van der Waals surface area contributed by atoms with Crippen molar-refractivity contribution in [2.45, 2.75) is 32.1 Å². The highest BCUT2D eigenvalue weighted by Crippen LogP contribution is 2.36. The van der Waals surface area contributed by atoms with Crippen LogP contribution >= 0.6 is 0 Å². The van der Waals surface area contributed by atoms with Crippen molar-refractivity contribution in [3.05, 3.63) is 0 Å². The molecule has 3 nitrogen and oxygen atoms in total. The first kappa shape index (κ1) is 10.6. The van der Waals surface area contributed by atoms with E-state index in [1.165, 1.54) is 25.7 Å². The molecule has 2 saturated heterocycles. The third kappa shape index (κ3) is 1.86. The molecule has 0 aromatic heterocycles. The number of fused-ring (bicyclic) bond motifs is 1. The quantitative estimate of drug-likeness (QED) is 0.724. The second-order valence-corrected chi connectivity index (χ2v) is 5.74. The first-order valence-electron chi connectivity index (χ1n) is 6.84. The highest BCUT2D eigenvalue weighted by molar-refractivity contribution is 5.79. The van der Waals surface area contributed by atoms with E-state index < -0.39 is 0 Å². The molecule has 0 aromatic carbocycles. The van der Waals surface area contributed by atoms with E-state index in [9.17, 15) is 4.79 Å². The van der Waals surface area contributed by atoms with Crippen molar-refractivity contribution in [2.75, 3.05) is 26.2 Å². The van der Waals surface area contributed by atoms with Gasteiger partial charge in [-0.2, -0.15) is 0 Å². The van der Waals surface area contributed by atoms with Crippen LogP contribution in [0.15, 0.2) is 0 Å². The number of likely N-dealkylation sites (tertiary alicyclic amines) is 1. The van der Waals surface area contributed by atoms with Gasteiger partial charge in [-0.15, -0.1) is 0 Å². The molecule has 1 amide bonds. The smallest absolute Gasteiger partial charge is 0.227 e. The molecule has 1 aliphatic carbocycles. The van der Waals surface area contributed by atoms with Gasteiger partial charge in [-0.05, 0) is 37.6 Å². The zero-order valence-electron chi connectivity index (χ0n) is 9.95. The zero-order valence-corrected chi connectivity index (χ0v) is 9.95. The van der Waals surface area contributed by atoms with Crippen LogP contribution in [0.1, 0.15) is 32.1 Å². The molecule has 0 aromatic rings. The molecule has 2 heterocycles. The Labute approximate surface area is 97.6 Å². The van der Waals surface area contributed by atoms with E-state index in [0.717, 1.165) is 44.4 Å². The van der Waals surface area contributed by atoms with Gasteiger partial charge in [0.15, 0.2) is 0 Å². The van der Waals surface area contributed by atoms with Gasteiger partial charge >= 0.3 is 0 Å². The predicted molar refractivity (Wildman–Crippen MR) is 63.0 cm³/mol. The summed E-state index contributed by atoms with van der Waals surface area (Å²) in [6.45, 7) is 4.04. The Morgan fingerprint density at radius 1 is 1.06 bits per heavy atom. The van der Waals surface area contributed by atoms with Crippen molar-refractivity contribution >= 4 is 5.91 Å². The fourth-order valence-electron chi connectivity index (χ4n) is 3.71. The van der Waals surface area contributed by atoms with E-state index in [1.807, 2.05) is 0 Å². The minimum Gasteiger partial charge on any atom is -0.342 e. The van der Waals surface area contributed by atoms with Gasteiger partial charge in [0.05, 0.1) is 5.92 Å². The molecular weight excluding hydrogens is 200 g/mol. The molecule has 16 heavy (non-hydrogen) atoms. The highest BCUT2D eigenvalue weighted by Gasteiger charge is 2.38. The predicted octanol–water partition coefficient (Wildman–Crippen LogP) is 1.24. The van der Waals surface area contributed by atoms with Crippen molar-refractivity contribution < 1.29 is 4.79 Å². The van der Waals surface area contributed by atoms with Crippen LogP contribution in [0.25, 0.3) is 0 Å². The fraction of sp³-hybridized carbons (Fsp3) is 0.923. The summed E-state index contributed by atoms with van der Waals surface area (Å²) in [5, 5.41) is 3.29. The zero-order chi connectivity index (χ0) is 11.0. The van der Waals surface area contributed by atoms with Crippen LogP contribution in [0.3, 0.4) is 0 Å². The second-order valence-electron chi connectivity index (χ2n) is 5.74. The number of nitrogens with one attached hydrogen (secondary N) is 1. The molecule has 0 spiro atoms. The largest absolute Gasteiger partial charge is 0.342 e. The molecule has 0 bridgehead atoms. The lowest BCUT2D eigenvalue weighted by atomic mass is 9.82. The number of hydrogen-bond acceptors (Lipinski definition) is 2. The Kier molecular flexibility index (Phi) is 2.88. The minimum absolute atomic E-state index is 0.278. The van der Waals surface area contributed by atoms with Gasteiger partial charge < -0.3 is 10.2 Å². The number of nitrogens with zero attached hydrogens (tertiary/aromatic N) is 1. The summed E-state index contributed by atoms with van der Waals surface area (Å²) in [5.74, 6) is 2.36. The maximum Gasteiger partial charge on any atom is 0.227 e. The Morgan fingerprint density at radius 2 is 1.75 bits per heavy atom. The highest BCUT2D eigenvalue weighted by atomic mass is 16.2. The van der Waals surface area contributed by atoms with E-state index in [4.69, 9.17) is 0 Å². The lowest BCUT2D eigenvalue weighted by Gasteiger charge is -2.22. The summed E-state index contributed by atoms with van der Waals surface area (Å²) in [5.41, 5.74) is 0. The van der Waals surface area contributed by atoms with Crippen LogP contribution < -0.4 is 5.32 Å². The molecular formula is C13H22N2O. The van der Waals surface area contributed by atoms with E-state index in [0.29, 0.717) is 5.91 Å². The fourth-order valence-corrected chi connectivity index (χ4v) is 3.71. The van der Waals surface area contributed by atoms with Gasteiger partial charge in [0.1, 0.15) is 0 Å². The SMILES string of the molecule is O=C(C1CCNC1)N1CC2CCCCC2C1. The first-order chi connectivity index (χ1) is 7.84. The number of amides is 1. The van der Waals surface area contributed by atoms with Crippen LogP contribution in [0, 0.1) is 17.8 Å². The maximum absolute atomic E-state index is 12.3. The van der Waals surface area contributed by atoms with Crippen molar-refractivity contribution in [2.24, 2.45) is 17.8 Å². The van der Waals surface area contributed by atoms with Crippen LogP contribution in [0.2, 0.25) is 0 Å². The molecule has 3 fully saturated rings. The molecule has 1 saturated carbocycles. The summed E-state index contributed by atoms with van der Waals surface area (Å²) in [6, 6.07) is 0. The number of carbonyl (C=O) groups excluding carboxylic acids is 1. The van der Waals surface area contributed by atoms with E-state index >= 15 is 0 Å². The topological polar surface area (TPSA) is 32.3 Å². The van der Waals surface area contributed by atoms with Crippen molar-refractivity contribution in [3.63, 3.8) is 0 Å². The van der Waals surface area contributed by atoms with Crippen LogP contribution in [-0.4, -0.2) is 37.0 Å². The lowest BCUT2D eigenvalue weighted by molar-refractivity contribution is -0.134. The maximum atomic E-state index is 12.3. The lowest BCUT2D eigenvalue weighted by Crippen LogP contribution is -2.35. The molecule has 0 radical (unpaired) electrons. The number of hydrogen-bond donors (Lipinski definition) is 1. The molecule has 3 unspecified atom stereocenters. The third-order valence-electron chi connectivity index (χ3n) is 4.70. The summed E-state index contributed by atoms with van der Waals surface area (Å²) in [7, 11) is 0. The molecule has 1 N–H and O–H groups in total. The van der Waals surface area contributed by atoms with Crippen LogP contribution in [-0.2, 0) is 4.79 Å². The van der Waals surface area contributed by atoms with Gasteiger partial charge in [-0.25, -0.2) is 0 Å². The van der Waals surface area contributed by atoms with Gasteiger partial charge in [0.2, 0.25) is 5.91 Å². The van der Waals surface area contributed by atoms with Crippen LogP contribution in [0.4, 0.5) is 0 Å². The van der Waals surface area contributed by atoms with Crippen molar-refractivity contribution in [1.29, 1.82) is 0 Å². The van der Waals surface area contributed by atoms with E-state index in [-0.39, 0.29) is 5.92 Å². The summed E-state index contributed by atoms with van der Waals surface area (Å²) in [6.07, 6.45) is 6.53. The van der Waals surface area contributed by atoms with Crippen LogP contribution in [0.5, 0.6) is 0 Å². The Hall–Kier alpha value is -0.570. The molecule has 3 rings (SSSR count).